The second-order valence-corrected chi connectivity index (χ2v) is 7.35. The maximum atomic E-state index is 12.5. The Hall–Kier alpha value is -2.17. The number of benzene rings is 1. The molecule has 5 heteroatoms. The number of amides is 2. The minimum Gasteiger partial charge on any atom is -0.339 e. The van der Waals surface area contributed by atoms with Gasteiger partial charge in [-0.3, -0.25) is 9.59 Å². The fourth-order valence-corrected chi connectivity index (χ4v) is 3.19. The van der Waals surface area contributed by atoms with E-state index in [1.54, 1.807) is 0 Å². The third-order valence-corrected chi connectivity index (χ3v) is 4.62. The molecular weight excluding hydrogens is 314 g/mol. The summed E-state index contributed by atoms with van der Waals surface area (Å²) < 4.78 is 0. The molecule has 1 aliphatic carbocycles. The van der Waals surface area contributed by atoms with Crippen molar-refractivity contribution < 1.29 is 9.59 Å². The smallest absolute Gasteiger partial charge is 0.243 e. The summed E-state index contributed by atoms with van der Waals surface area (Å²) >= 11 is 0. The molecule has 0 bridgehead atoms. The first-order valence-electron chi connectivity index (χ1n) is 9.27. The lowest BCUT2D eigenvalue weighted by molar-refractivity contribution is -0.137. The Morgan fingerprint density at radius 1 is 1.20 bits per heavy atom. The topological polar surface area (TPSA) is 53.0 Å². The first-order chi connectivity index (χ1) is 12.0. The van der Waals surface area contributed by atoms with Crippen LogP contribution in [0.1, 0.15) is 51.5 Å². The summed E-state index contributed by atoms with van der Waals surface area (Å²) in [6.45, 7) is 5.64. The third kappa shape index (κ3) is 4.68. The number of nitrogens with zero attached hydrogens (tertiary/aromatic N) is 3. The molecule has 0 spiro atoms. The van der Waals surface area contributed by atoms with Crippen molar-refractivity contribution in [1.29, 1.82) is 0 Å². The highest BCUT2D eigenvalue weighted by Gasteiger charge is 2.33. The monoisotopic (exact) mass is 341 g/mol. The second-order valence-electron chi connectivity index (χ2n) is 7.35. The summed E-state index contributed by atoms with van der Waals surface area (Å²) in [5.41, 5.74) is 2.01. The van der Waals surface area contributed by atoms with Crippen molar-refractivity contribution in [3.63, 3.8) is 0 Å². The van der Waals surface area contributed by atoms with Gasteiger partial charge < -0.3 is 4.90 Å². The van der Waals surface area contributed by atoms with Gasteiger partial charge in [-0.1, -0.05) is 44.2 Å². The van der Waals surface area contributed by atoms with Crippen LogP contribution in [0.25, 0.3) is 0 Å². The van der Waals surface area contributed by atoms with E-state index in [1.165, 1.54) is 5.01 Å². The summed E-state index contributed by atoms with van der Waals surface area (Å²) in [5.74, 6) is 0.507. The summed E-state index contributed by atoms with van der Waals surface area (Å²) in [6, 6.07) is 10.3. The van der Waals surface area contributed by atoms with Crippen LogP contribution in [0.15, 0.2) is 35.4 Å². The second kappa shape index (κ2) is 7.81. The van der Waals surface area contributed by atoms with E-state index >= 15 is 0 Å². The Balaban J connectivity index is 1.52. The predicted molar refractivity (Wildman–Crippen MR) is 98.1 cm³/mol. The van der Waals surface area contributed by atoms with E-state index in [4.69, 9.17) is 0 Å². The van der Waals surface area contributed by atoms with E-state index in [0.717, 1.165) is 37.1 Å². The van der Waals surface area contributed by atoms with Gasteiger partial charge in [0, 0.05) is 31.8 Å². The van der Waals surface area contributed by atoms with Gasteiger partial charge in [0.1, 0.15) is 0 Å². The van der Waals surface area contributed by atoms with Crippen LogP contribution in [0, 0.1) is 5.92 Å². The van der Waals surface area contributed by atoms with Gasteiger partial charge in [-0.25, -0.2) is 5.01 Å². The van der Waals surface area contributed by atoms with E-state index in [1.807, 2.05) is 35.2 Å². The van der Waals surface area contributed by atoms with Crippen molar-refractivity contribution in [1.82, 2.24) is 9.91 Å². The van der Waals surface area contributed by atoms with Gasteiger partial charge in [-0.15, -0.1) is 0 Å². The summed E-state index contributed by atoms with van der Waals surface area (Å²) in [5, 5.41) is 5.98. The SMILES string of the molecule is CC(C)CN(C(=O)CCC(=O)N1CCC(c2ccccc2)=N1)C1CC1. The van der Waals surface area contributed by atoms with E-state index in [-0.39, 0.29) is 24.7 Å². The van der Waals surface area contributed by atoms with Crippen LogP contribution in [-0.2, 0) is 9.59 Å². The highest BCUT2D eigenvalue weighted by atomic mass is 16.2. The highest BCUT2D eigenvalue weighted by molar-refractivity contribution is 6.02. The quantitative estimate of drug-likeness (QED) is 0.765. The van der Waals surface area contributed by atoms with Gasteiger partial charge in [-0.2, -0.15) is 5.10 Å². The standard InChI is InChI=1S/C20H27N3O2/c1-15(2)14-22(17-8-9-17)19(24)10-11-20(25)23-13-12-18(21-23)16-6-4-3-5-7-16/h3-7,15,17H,8-14H2,1-2H3. The third-order valence-electron chi connectivity index (χ3n) is 4.62. The number of hydrazone groups is 1. The zero-order chi connectivity index (χ0) is 17.8. The van der Waals surface area contributed by atoms with Gasteiger partial charge >= 0.3 is 0 Å². The molecule has 25 heavy (non-hydrogen) atoms. The Bertz CT molecular complexity index is 650. The predicted octanol–water partition coefficient (Wildman–Crippen LogP) is 3.05. The fraction of sp³-hybridized carbons (Fsp3) is 0.550. The lowest BCUT2D eigenvalue weighted by Gasteiger charge is -2.24. The van der Waals surface area contributed by atoms with Crippen molar-refractivity contribution >= 4 is 17.5 Å². The van der Waals surface area contributed by atoms with Crippen LogP contribution in [0.2, 0.25) is 0 Å². The van der Waals surface area contributed by atoms with E-state index in [9.17, 15) is 9.59 Å². The van der Waals surface area contributed by atoms with Crippen LogP contribution in [0.5, 0.6) is 0 Å². The number of carbonyl (C=O) groups is 2. The van der Waals surface area contributed by atoms with Crippen LogP contribution < -0.4 is 0 Å². The average Bonchev–Trinajstić information content (AvgIpc) is 3.33. The molecule has 1 aliphatic heterocycles. The largest absolute Gasteiger partial charge is 0.339 e. The molecule has 3 rings (SSSR count). The first kappa shape index (κ1) is 17.6. The molecule has 1 heterocycles. The van der Waals surface area contributed by atoms with Crippen LogP contribution in [0.3, 0.4) is 0 Å². The summed E-state index contributed by atoms with van der Waals surface area (Å²) in [6.07, 6.45) is 3.50. The van der Waals surface area contributed by atoms with Crippen LogP contribution in [-0.4, -0.2) is 46.6 Å². The molecule has 0 atom stereocenters. The zero-order valence-electron chi connectivity index (χ0n) is 15.1. The Morgan fingerprint density at radius 3 is 2.56 bits per heavy atom. The maximum Gasteiger partial charge on any atom is 0.243 e. The van der Waals surface area contributed by atoms with Crippen molar-refractivity contribution in [3.8, 4) is 0 Å². The average molecular weight is 341 g/mol. The van der Waals surface area contributed by atoms with Gasteiger partial charge in [-0.05, 0) is 24.3 Å². The van der Waals surface area contributed by atoms with Crippen molar-refractivity contribution in [2.75, 3.05) is 13.1 Å². The van der Waals surface area contributed by atoms with Crippen LogP contribution in [0.4, 0.5) is 0 Å². The normalized spacial score (nSPS) is 16.9. The fourth-order valence-electron chi connectivity index (χ4n) is 3.19. The molecular formula is C20H27N3O2. The van der Waals surface area contributed by atoms with Gasteiger partial charge in [0.25, 0.3) is 0 Å². The molecule has 134 valence electrons. The summed E-state index contributed by atoms with van der Waals surface area (Å²) in [4.78, 5) is 26.9. The van der Waals surface area contributed by atoms with Gasteiger partial charge in [0.2, 0.25) is 11.8 Å². The molecule has 0 unspecified atom stereocenters. The van der Waals surface area contributed by atoms with Gasteiger partial charge in [0.15, 0.2) is 0 Å². The molecule has 2 aliphatic rings. The first-order valence-corrected chi connectivity index (χ1v) is 9.27. The number of hydrogen-bond donors (Lipinski definition) is 0. The Kier molecular flexibility index (Phi) is 5.51. The number of rotatable bonds is 7. The minimum atomic E-state index is -0.0559. The molecule has 5 nitrogen and oxygen atoms in total. The molecule has 0 radical (unpaired) electrons. The maximum absolute atomic E-state index is 12.5. The zero-order valence-corrected chi connectivity index (χ0v) is 15.1. The molecule has 1 aromatic carbocycles. The summed E-state index contributed by atoms with van der Waals surface area (Å²) in [7, 11) is 0. The molecule has 2 amide bonds. The molecule has 1 fully saturated rings. The lowest BCUT2D eigenvalue weighted by atomic mass is 10.1. The number of hydrogen-bond acceptors (Lipinski definition) is 3. The molecule has 0 N–H and O–H groups in total. The molecule has 0 aromatic heterocycles. The van der Waals surface area contributed by atoms with E-state index in [2.05, 4.69) is 18.9 Å². The molecule has 1 aromatic rings. The van der Waals surface area contributed by atoms with E-state index < -0.39 is 0 Å². The molecule has 1 saturated carbocycles. The van der Waals surface area contributed by atoms with Crippen molar-refractivity contribution in [2.24, 2.45) is 11.0 Å². The lowest BCUT2D eigenvalue weighted by Crippen LogP contribution is -2.36. The van der Waals surface area contributed by atoms with Crippen molar-refractivity contribution in [2.45, 2.75) is 52.0 Å². The number of carbonyl (C=O) groups excluding carboxylic acids is 2. The van der Waals surface area contributed by atoms with Crippen LogP contribution >= 0.6 is 0 Å². The minimum absolute atomic E-state index is 0.0559. The van der Waals surface area contributed by atoms with Gasteiger partial charge in [0.05, 0.1) is 12.3 Å². The van der Waals surface area contributed by atoms with Crippen molar-refractivity contribution in [3.05, 3.63) is 35.9 Å². The highest BCUT2D eigenvalue weighted by Crippen LogP contribution is 2.28. The Morgan fingerprint density at radius 2 is 1.92 bits per heavy atom. The van der Waals surface area contributed by atoms with E-state index in [0.29, 0.717) is 18.5 Å². The molecule has 0 saturated heterocycles. The Labute approximate surface area is 149 Å².